The fraction of sp³-hybridized carbons (Fsp3) is 0.0526. The largest absolute Gasteiger partial charge is 0.315 e. The van der Waals surface area contributed by atoms with Gasteiger partial charge < -0.3 is 9.80 Å². The molecular weight excluding hydrogens is 495 g/mol. The molecule has 0 N–H and O–H groups in total. The van der Waals surface area contributed by atoms with Gasteiger partial charge in [-0.2, -0.15) is 0 Å². The molecule has 41 heavy (non-hydrogen) atoms. The van der Waals surface area contributed by atoms with Crippen LogP contribution in [0.25, 0.3) is 21.5 Å². The lowest BCUT2D eigenvalue weighted by Gasteiger charge is -2.47. The SMILES string of the molecule is C1=C2C3=C(CC1)N(c1ccccc1)c1cc4ccccc4cc1B3c1cc3ccccc3cc1N2c1ccccc1. The van der Waals surface area contributed by atoms with Crippen LogP contribution < -0.4 is 20.7 Å². The second-order valence-corrected chi connectivity index (χ2v) is 11.3. The van der Waals surface area contributed by atoms with Crippen LogP contribution in [0, 0.1) is 0 Å². The van der Waals surface area contributed by atoms with Crippen molar-refractivity contribution in [3.05, 3.63) is 156 Å². The molecule has 2 nitrogen and oxygen atoms in total. The molecule has 0 bridgehead atoms. The normalized spacial score (nSPS) is 15.5. The van der Waals surface area contributed by atoms with Gasteiger partial charge in [-0.3, -0.25) is 0 Å². The van der Waals surface area contributed by atoms with Crippen LogP contribution in [0.1, 0.15) is 12.8 Å². The number of para-hydroxylation sites is 2. The number of anilines is 4. The summed E-state index contributed by atoms with van der Waals surface area (Å²) in [6, 6.07) is 49.2. The lowest BCUT2D eigenvalue weighted by Crippen LogP contribution is -2.57. The summed E-state index contributed by atoms with van der Waals surface area (Å²) in [5.74, 6) is 0. The van der Waals surface area contributed by atoms with E-state index in [1.165, 1.54) is 72.1 Å². The minimum Gasteiger partial charge on any atom is -0.315 e. The summed E-state index contributed by atoms with van der Waals surface area (Å²) in [7, 11) is 0. The number of benzene rings is 6. The maximum Gasteiger partial charge on any atom is 0.251 e. The summed E-state index contributed by atoms with van der Waals surface area (Å²) in [5, 5.41) is 5.13. The number of rotatable bonds is 2. The molecule has 3 heteroatoms. The summed E-state index contributed by atoms with van der Waals surface area (Å²) in [6.07, 6.45) is 4.51. The summed E-state index contributed by atoms with van der Waals surface area (Å²) >= 11 is 0. The molecule has 0 spiro atoms. The first kappa shape index (κ1) is 22.8. The lowest BCUT2D eigenvalue weighted by atomic mass is 9.32. The van der Waals surface area contributed by atoms with Crippen molar-refractivity contribution < 1.29 is 0 Å². The minimum absolute atomic E-state index is 0.163. The van der Waals surface area contributed by atoms with E-state index in [-0.39, 0.29) is 6.71 Å². The second kappa shape index (κ2) is 8.74. The summed E-state index contributed by atoms with van der Waals surface area (Å²) in [5.41, 5.74) is 11.9. The molecule has 0 saturated heterocycles. The third-order valence-electron chi connectivity index (χ3n) is 9.03. The summed E-state index contributed by atoms with van der Waals surface area (Å²) in [6.45, 7) is 0.163. The van der Waals surface area contributed by atoms with Crippen LogP contribution in [0.2, 0.25) is 0 Å². The zero-order valence-corrected chi connectivity index (χ0v) is 22.7. The number of allylic oxidation sites excluding steroid dienone is 3. The molecule has 6 aromatic carbocycles. The predicted molar refractivity (Wildman–Crippen MR) is 174 cm³/mol. The van der Waals surface area contributed by atoms with Crippen LogP contribution in [0.3, 0.4) is 0 Å². The molecule has 192 valence electrons. The zero-order chi connectivity index (χ0) is 26.9. The van der Waals surface area contributed by atoms with Crippen molar-refractivity contribution >= 4 is 61.9 Å². The molecular formula is C38H27BN2. The molecule has 1 aliphatic carbocycles. The Labute approximate surface area is 240 Å². The van der Waals surface area contributed by atoms with Gasteiger partial charge in [0.15, 0.2) is 0 Å². The van der Waals surface area contributed by atoms with Crippen molar-refractivity contribution in [3.8, 4) is 0 Å². The van der Waals surface area contributed by atoms with Gasteiger partial charge in [0.05, 0.1) is 0 Å². The van der Waals surface area contributed by atoms with Crippen molar-refractivity contribution in [1.82, 2.24) is 0 Å². The van der Waals surface area contributed by atoms with Crippen molar-refractivity contribution in [2.24, 2.45) is 0 Å². The molecule has 2 heterocycles. The minimum atomic E-state index is 0.163. The molecule has 6 aromatic rings. The van der Waals surface area contributed by atoms with Crippen molar-refractivity contribution in [2.75, 3.05) is 9.80 Å². The topological polar surface area (TPSA) is 6.48 Å². The smallest absolute Gasteiger partial charge is 0.251 e. The van der Waals surface area contributed by atoms with Crippen LogP contribution >= 0.6 is 0 Å². The van der Waals surface area contributed by atoms with Gasteiger partial charge in [-0.1, -0.05) is 103 Å². The standard InChI is InChI=1S/C38H27BN2/c1-3-16-30(17-4-1)40-34-20-11-21-35-38(34)39(32-22-26-12-7-9-14-28(26)24-36(32)40)33-23-27-13-8-10-15-29(27)25-37(33)41(35)31-18-5-2-6-19-31/h1-10,12-20,22-25H,11,21H2. The molecule has 0 saturated carbocycles. The highest BCUT2D eigenvalue weighted by molar-refractivity contribution is 6.95. The quantitative estimate of drug-likeness (QED) is 0.211. The van der Waals surface area contributed by atoms with Gasteiger partial charge in [-0.15, -0.1) is 0 Å². The highest BCUT2D eigenvalue weighted by atomic mass is 15.2. The number of fused-ring (bicyclic) bond motifs is 6. The Bertz CT molecular complexity index is 2060. The van der Waals surface area contributed by atoms with E-state index < -0.39 is 0 Å². The lowest BCUT2D eigenvalue weighted by molar-refractivity contribution is 0.883. The number of hydrogen-bond acceptors (Lipinski definition) is 2. The van der Waals surface area contributed by atoms with Crippen LogP contribution in [0.5, 0.6) is 0 Å². The zero-order valence-electron chi connectivity index (χ0n) is 22.7. The Balaban J connectivity index is 1.42. The third-order valence-corrected chi connectivity index (χ3v) is 9.03. The molecule has 0 unspecified atom stereocenters. The Hall–Kier alpha value is -5.02. The Morgan fingerprint density at radius 3 is 1.51 bits per heavy atom. The predicted octanol–water partition coefficient (Wildman–Crippen LogP) is 8.38. The Kier molecular flexibility index (Phi) is 4.85. The average molecular weight is 522 g/mol. The molecule has 9 rings (SSSR count). The van der Waals surface area contributed by atoms with Gasteiger partial charge in [0.1, 0.15) is 0 Å². The Morgan fingerprint density at radius 1 is 0.488 bits per heavy atom. The van der Waals surface area contributed by atoms with Gasteiger partial charge in [0.2, 0.25) is 0 Å². The number of hydrogen-bond donors (Lipinski definition) is 0. The van der Waals surface area contributed by atoms with Gasteiger partial charge in [0.25, 0.3) is 6.71 Å². The molecule has 3 aliphatic rings. The summed E-state index contributed by atoms with van der Waals surface area (Å²) < 4.78 is 0. The highest BCUT2D eigenvalue weighted by Crippen LogP contribution is 2.48. The van der Waals surface area contributed by atoms with Crippen LogP contribution in [-0.4, -0.2) is 6.71 Å². The summed E-state index contributed by atoms with van der Waals surface area (Å²) in [4.78, 5) is 5.07. The maximum absolute atomic E-state index is 2.55. The first-order valence-corrected chi connectivity index (χ1v) is 14.5. The van der Waals surface area contributed by atoms with E-state index in [9.17, 15) is 0 Å². The molecule has 0 amide bonds. The molecule has 0 atom stereocenters. The molecule has 0 radical (unpaired) electrons. The number of nitrogens with zero attached hydrogens (tertiary/aromatic N) is 2. The van der Waals surface area contributed by atoms with Crippen LogP contribution in [0.4, 0.5) is 22.7 Å². The molecule has 2 aliphatic heterocycles. The van der Waals surface area contributed by atoms with Crippen molar-refractivity contribution in [1.29, 1.82) is 0 Å². The van der Waals surface area contributed by atoms with Crippen LogP contribution in [0.15, 0.2) is 156 Å². The van der Waals surface area contributed by atoms with Gasteiger partial charge in [-0.05, 0) is 87.2 Å². The monoisotopic (exact) mass is 522 g/mol. The van der Waals surface area contributed by atoms with Gasteiger partial charge in [0, 0.05) is 34.1 Å². The fourth-order valence-corrected chi connectivity index (χ4v) is 7.32. The first-order chi connectivity index (χ1) is 20.3. The second-order valence-electron chi connectivity index (χ2n) is 11.3. The molecule has 0 fully saturated rings. The van der Waals surface area contributed by atoms with E-state index in [1.54, 1.807) is 0 Å². The van der Waals surface area contributed by atoms with E-state index in [4.69, 9.17) is 0 Å². The van der Waals surface area contributed by atoms with E-state index >= 15 is 0 Å². The van der Waals surface area contributed by atoms with Gasteiger partial charge in [-0.25, -0.2) is 0 Å². The maximum atomic E-state index is 2.55. The van der Waals surface area contributed by atoms with E-state index in [2.05, 4.69) is 149 Å². The van der Waals surface area contributed by atoms with E-state index in [0.29, 0.717) is 0 Å². The average Bonchev–Trinajstić information content (AvgIpc) is 3.04. The van der Waals surface area contributed by atoms with Crippen molar-refractivity contribution in [2.45, 2.75) is 12.8 Å². The fourth-order valence-electron chi connectivity index (χ4n) is 7.32. The van der Waals surface area contributed by atoms with E-state index in [1.807, 2.05) is 0 Å². The van der Waals surface area contributed by atoms with E-state index in [0.717, 1.165) is 12.8 Å². The van der Waals surface area contributed by atoms with Crippen molar-refractivity contribution in [3.63, 3.8) is 0 Å². The highest BCUT2D eigenvalue weighted by Gasteiger charge is 2.46. The third kappa shape index (κ3) is 3.33. The Morgan fingerprint density at radius 2 is 0.951 bits per heavy atom. The van der Waals surface area contributed by atoms with Gasteiger partial charge >= 0.3 is 0 Å². The van der Waals surface area contributed by atoms with Crippen LogP contribution in [-0.2, 0) is 0 Å². The first-order valence-electron chi connectivity index (χ1n) is 14.5. The molecule has 0 aromatic heterocycles.